The minimum atomic E-state index is -3.07. The van der Waals surface area contributed by atoms with Crippen LogP contribution in [0.5, 0.6) is 0 Å². The Morgan fingerprint density at radius 3 is 2.24 bits per heavy atom. The molecule has 13 heteroatoms. The summed E-state index contributed by atoms with van der Waals surface area (Å²) in [6, 6.07) is 16.3. The van der Waals surface area contributed by atoms with Gasteiger partial charge >= 0.3 is 17.6 Å². The molecule has 4 rings (SSSR count). The van der Waals surface area contributed by atoms with Crippen molar-refractivity contribution >= 4 is 11.9 Å². The van der Waals surface area contributed by atoms with E-state index in [1.807, 2.05) is 4.98 Å². The first kappa shape index (κ1) is 25.4. The van der Waals surface area contributed by atoms with Gasteiger partial charge in [-0.1, -0.05) is 41.5 Å². The summed E-state index contributed by atoms with van der Waals surface area (Å²) in [6.07, 6.45) is -2.69. The molecule has 2 aromatic carbocycles. The van der Waals surface area contributed by atoms with Crippen molar-refractivity contribution in [1.82, 2.24) is 9.55 Å². The van der Waals surface area contributed by atoms with Crippen LogP contribution in [0.25, 0.3) is 10.4 Å². The molecule has 4 atom stereocenters. The summed E-state index contributed by atoms with van der Waals surface area (Å²) in [5, 5.41) is 3.63. The van der Waals surface area contributed by atoms with Crippen LogP contribution in [0.15, 0.2) is 87.6 Å². The molecular formula is C24H20FN5O7. The van der Waals surface area contributed by atoms with E-state index in [-0.39, 0.29) is 11.1 Å². The number of alkyl halides is 1. The van der Waals surface area contributed by atoms with Gasteiger partial charge in [-0.3, -0.25) is 14.3 Å². The second-order valence-corrected chi connectivity index (χ2v) is 8.28. The highest BCUT2D eigenvalue weighted by Gasteiger charge is 2.67. The van der Waals surface area contributed by atoms with Gasteiger partial charge in [-0.25, -0.2) is 18.8 Å². The number of hydrogen-bond donors (Lipinski definition) is 1. The Labute approximate surface area is 207 Å². The number of carbonyl (C=O) groups is 2. The van der Waals surface area contributed by atoms with Gasteiger partial charge in [0, 0.05) is 17.2 Å². The zero-order valence-electron chi connectivity index (χ0n) is 19.3. The maximum absolute atomic E-state index is 16.5. The lowest BCUT2D eigenvalue weighted by Gasteiger charge is -2.31. The summed E-state index contributed by atoms with van der Waals surface area (Å²) >= 11 is 0. The van der Waals surface area contributed by atoms with Crippen LogP contribution in [0.1, 0.15) is 33.9 Å². The van der Waals surface area contributed by atoms with Gasteiger partial charge < -0.3 is 14.2 Å². The number of esters is 2. The minimum absolute atomic E-state index is 0.0547. The second kappa shape index (κ2) is 10.1. The molecule has 1 aliphatic heterocycles. The molecular weight excluding hydrogens is 489 g/mol. The molecule has 1 N–H and O–H groups in total. The number of hydrogen-bond acceptors (Lipinski definition) is 8. The van der Waals surface area contributed by atoms with Gasteiger partial charge in [0.25, 0.3) is 11.4 Å². The highest BCUT2D eigenvalue weighted by Crippen LogP contribution is 2.49. The van der Waals surface area contributed by atoms with Crippen LogP contribution < -0.4 is 11.2 Å². The van der Waals surface area contributed by atoms with Crippen LogP contribution in [0.2, 0.25) is 0 Å². The molecule has 37 heavy (non-hydrogen) atoms. The molecule has 0 saturated carbocycles. The number of ether oxygens (including phenoxy) is 3. The van der Waals surface area contributed by atoms with Crippen LogP contribution in [-0.4, -0.2) is 45.6 Å². The quantitative estimate of drug-likeness (QED) is 0.221. The zero-order chi connectivity index (χ0) is 26.6. The fraction of sp³-hybridized carbons (Fsp3) is 0.250. The predicted molar refractivity (Wildman–Crippen MR) is 125 cm³/mol. The Kier molecular flexibility index (Phi) is 6.92. The summed E-state index contributed by atoms with van der Waals surface area (Å²) in [4.78, 5) is 54.2. The number of carbonyl (C=O) groups excluding carboxylic acids is 2. The van der Waals surface area contributed by atoms with E-state index < -0.39 is 53.5 Å². The van der Waals surface area contributed by atoms with Gasteiger partial charge in [0.15, 0.2) is 18.9 Å². The summed E-state index contributed by atoms with van der Waals surface area (Å²) < 4.78 is 33.4. The van der Waals surface area contributed by atoms with Crippen molar-refractivity contribution in [3.63, 3.8) is 0 Å². The molecule has 1 fully saturated rings. The SMILES string of the molecule is C[C@]1(N=[N+]=[N-])[C@H](n2ccc(=O)[nH]c2=O)O[C@](F)(COC(=O)c2ccccc2)[C@H]1OC(=O)c1ccccc1. The fourth-order valence-electron chi connectivity index (χ4n) is 3.97. The predicted octanol–water partition coefficient (Wildman–Crippen LogP) is 2.88. The van der Waals surface area contributed by atoms with E-state index in [0.717, 1.165) is 16.8 Å². The number of rotatable bonds is 7. The average molecular weight is 509 g/mol. The number of halogens is 1. The number of aromatic amines is 1. The maximum Gasteiger partial charge on any atom is 0.338 e. The molecule has 1 saturated heterocycles. The molecule has 12 nitrogen and oxygen atoms in total. The smallest absolute Gasteiger partial charge is 0.338 e. The number of azide groups is 1. The van der Waals surface area contributed by atoms with Gasteiger partial charge in [-0.15, -0.1) is 0 Å². The van der Waals surface area contributed by atoms with Gasteiger partial charge in [0.2, 0.25) is 0 Å². The van der Waals surface area contributed by atoms with Crippen molar-refractivity contribution in [1.29, 1.82) is 0 Å². The molecule has 2 heterocycles. The summed E-state index contributed by atoms with van der Waals surface area (Å²) in [7, 11) is 0. The lowest BCUT2D eigenvalue weighted by Crippen LogP contribution is -2.51. The van der Waals surface area contributed by atoms with Crippen molar-refractivity contribution < 1.29 is 28.2 Å². The van der Waals surface area contributed by atoms with Crippen molar-refractivity contribution in [2.45, 2.75) is 30.6 Å². The first-order valence-electron chi connectivity index (χ1n) is 10.9. The van der Waals surface area contributed by atoms with Crippen molar-refractivity contribution in [3.05, 3.63) is 115 Å². The van der Waals surface area contributed by atoms with Crippen LogP contribution in [0.3, 0.4) is 0 Å². The molecule has 0 unspecified atom stereocenters. The second-order valence-electron chi connectivity index (χ2n) is 8.28. The fourth-order valence-corrected chi connectivity index (χ4v) is 3.97. The van der Waals surface area contributed by atoms with E-state index in [1.54, 1.807) is 36.4 Å². The standard InChI is InChI=1S/C24H20FN5O7/c1-23(28-29-26)20(36-19(33)16-10-6-3-7-11-16)24(25,14-35-18(32)15-8-4-2-5-9-15)37-21(23)30-13-12-17(31)27-22(30)34/h2-13,20-21H,14H2,1H3,(H,27,31,34)/t20-,21+,23+,24+/m0/s1. The molecule has 0 aliphatic carbocycles. The number of H-pyrrole nitrogens is 1. The summed E-state index contributed by atoms with van der Waals surface area (Å²) in [6.45, 7) is 0.122. The van der Waals surface area contributed by atoms with Gasteiger partial charge in [0.1, 0.15) is 5.54 Å². The third-order valence-corrected chi connectivity index (χ3v) is 5.74. The van der Waals surface area contributed by atoms with Gasteiger partial charge in [-0.2, -0.15) is 0 Å². The Morgan fingerprint density at radius 1 is 1.08 bits per heavy atom. The number of nitrogens with one attached hydrogen (secondary N) is 1. The van der Waals surface area contributed by atoms with E-state index in [2.05, 4.69) is 10.0 Å². The molecule has 1 aromatic heterocycles. The number of aromatic nitrogens is 2. The monoisotopic (exact) mass is 509 g/mol. The zero-order valence-corrected chi connectivity index (χ0v) is 19.3. The van der Waals surface area contributed by atoms with E-state index in [9.17, 15) is 24.7 Å². The summed E-state index contributed by atoms with van der Waals surface area (Å²) in [5.41, 5.74) is 5.64. The third kappa shape index (κ3) is 4.99. The highest BCUT2D eigenvalue weighted by molar-refractivity contribution is 5.90. The molecule has 0 spiro atoms. The Balaban J connectivity index is 1.76. The Hall–Kier alpha value is -4.74. The van der Waals surface area contributed by atoms with E-state index in [4.69, 9.17) is 14.2 Å². The average Bonchev–Trinajstić information content (AvgIpc) is 3.10. The lowest BCUT2D eigenvalue weighted by atomic mass is 9.91. The van der Waals surface area contributed by atoms with Gasteiger partial charge in [0.05, 0.1) is 11.1 Å². The highest BCUT2D eigenvalue weighted by atomic mass is 19.2. The van der Waals surface area contributed by atoms with Crippen LogP contribution in [0, 0.1) is 0 Å². The normalized spacial score (nSPS) is 24.6. The van der Waals surface area contributed by atoms with Crippen molar-refractivity contribution in [2.75, 3.05) is 6.61 Å². The van der Waals surface area contributed by atoms with Crippen LogP contribution in [0.4, 0.5) is 4.39 Å². The molecule has 190 valence electrons. The first-order valence-corrected chi connectivity index (χ1v) is 10.9. The maximum atomic E-state index is 16.5. The molecule has 0 radical (unpaired) electrons. The first-order chi connectivity index (χ1) is 17.7. The minimum Gasteiger partial charge on any atom is -0.456 e. The largest absolute Gasteiger partial charge is 0.456 e. The van der Waals surface area contributed by atoms with Crippen molar-refractivity contribution in [3.8, 4) is 0 Å². The van der Waals surface area contributed by atoms with Crippen molar-refractivity contribution in [2.24, 2.45) is 5.11 Å². The molecule has 3 aromatic rings. The van der Waals surface area contributed by atoms with Crippen LogP contribution >= 0.6 is 0 Å². The summed E-state index contributed by atoms with van der Waals surface area (Å²) in [5.74, 6) is -4.96. The third-order valence-electron chi connectivity index (χ3n) is 5.74. The Morgan fingerprint density at radius 2 is 1.68 bits per heavy atom. The van der Waals surface area contributed by atoms with E-state index >= 15 is 4.39 Å². The van der Waals surface area contributed by atoms with Gasteiger partial charge in [-0.05, 0) is 36.7 Å². The number of nitrogens with zero attached hydrogens (tertiary/aromatic N) is 4. The topological polar surface area (TPSA) is 165 Å². The van der Waals surface area contributed by atoms with E-state index in [0.29, 0.717) is 0 Å². The molecule has 0 amide bonds. The lowest BCUT2D eigenvalue weighted by molar-refractivity contribution is -0.208. The van der Waals surface area contributed by atoms with E-state index in [1.165, 1.54) is 31.2 Å². The molecule has 0 bridgehead atoms. The Bertz CT molecular complexity index is 1470. The van der Waals surface area contributed by atoms with Crippen LogP contribution in [-0.2, 0) is 14.2 Å². The molecule has 1 aliphatic rings. The number of benzene rings is 2.